The molecule has 2 nitrogen and oxygen atoms in total. The van der Waals surface area contributed by atoms with Crippen molar-refractivity contribution < 1.29 is 9.84 Å². The van der Waals surface area contributed by atoms with Crippen LogP contribution in [0, 0.1) is 0 Å². The third-order valence-corrected chi connectivity index (χ3v) is 1.59. The third kappa shape index (κ3) is 1.24. The normalized spacial score (nSPS) is 18.4. The molecule has 1 aliphatic rings. The molecule has 0 aromatic rings. The number of allylic oxidation sites excluding steroid dienone is 1. The summed E-state index contributed by atoms with van der Waals surface area (Å²) in [5.74, 6) is 0.998. The number of aliphatic hydroxyl groups excluding tert-OH is 1. The molecule has 1 aliphatic heterocycles. The minimum absolute atomic E-state index is 0.170. The van der Waals surface area contributed by atoms with Crippen LogP contribution in [0.5, 0.6) is 0 Å². The Morgan fingerprint density at radius 1 is 1.67 bits per heavy atom. The zero-order valence-electron chi connectivity index (χ0n) is 5.68. The molecule has 0 saturated carbocycles. The van der Waals surface area contributed by atoms with Gasteiger partial charge in [-0.25, -0.2) is 0 Å². The van der Waals surface area contributed by atoms with Crippen LogP contribution in [0.1, 0.15) is 19.8 Å². The Morgan fingerprint density at radius 3 is 2.89 bits per heavy atom. The van der Waals surface area contributed by atoms with Crippen molar-refractivity contribution in [1.29, 1.82) is 0 Å². The van der Waals surface area contributed by atoms with Gasteiger partial charge in [-0.3, -0.25) is 0 Å². The fraction of sp³-hybridized carbons (Fsp3) is 0.714. The topological polar surface area (TPSA) is 29.5 Å². The predicted molar refractivity (Wildman–Crippen MR) is 35.0 cm³/mol. The lowest BCUT2D eigenvalue weighted by molar-refractivity contribution is 0.236. The Hall–Kier alpha value is -0.500. The summed E-state index contributed by atoms with van der Waals surface area (Å²) in [6.45, 7) is 2.97. The molecule has 0 fully saturated rings. The standard InChI is InChI=1S/C7H12O2/c1-2-7-6(5-8)3-4-9-7/h8H,2-5H2,1H3. The van der Waals surface area contributed by atoms with Gasteiger partial charge in [-0.2, -0.15) is 0 Å². The molecular weight excluding hydrogens is 116 g/mol. The maximum atomic E-state index is 8.73. The van der Waals surface area contributed by atoms with Gasteiger partial charge >= 0.3 is 0 Å². The molecule has 0 amide bonds. The van der Waals surface area contributed by atoms with Gasteiger partial charge in [0.15, 0.2) is 0 Å². The first-order chi connectivity index (χ1) is 4.38. The molecule has 0 atom stereocenters. The second-order valence-electron chi connectivity index (χ2n) is 2.14. The number of rotatable bonds is 2. The van der Waals surface area contributed by atoms with Crippen LogP contribution in [0.2, 0.25) is 0 Å². The Labute approximate surface area is 55.1 Å². The first-order valence-corrected chi connectivity index (χ1v) is 3.33. The molecule has 0 bridgehead atoms. The minimum Gasteiger partial charge on any atom is -0.498 e. The molecule has 1 N–H and O–H groups in total. The van der Waals surface area contributed by atoms with Gasteiger partial charge in [0.2, 0.25) is 0 Å². The summed E-state index contributed by atoms with van der Waals surface area (Å²) in [6.07, 6.45) is 1.83. The van der Waals surface area contributed by atoms with Crippen LogP contribution in [0.3, 0.4) is 0 Å². The van der Waals surface area contributed by atoms with Crippen molar-refractivity contribution in [2.45, 2.75) is 19.8 Å². The summed E-state index contributed by atoms with van der Waals surface area (Å²) in [5, 5.41) is 8.73. The van der Waals surface area contributed by atoms with Crippen LogP contribution < -0.4 is 0 Å². The maximum absolute atomic E-state index is 8.73. The van der Waals surface area contributed by atoms with Crippen LogP contribution in [-0.4, -0.2) is 18.3 Å². The molecule has 52 valence electrons. The smallest absolute Gasteiger partial charge is 0.0973 e. The molecule has 0 aliphatic carbocycles. The van der Waals surface area contributed by atoms with Crippen LogP contribution >= 0.6 is 0 Å². The lowest BCUT2D eigenvalue weighted by Crippen LogP contribution is -1.88. The van der Waals surface area contributed by atoms with Gasteiger partial charge in [0.05, 0.1) is 19.0 Å². The van der Waals surface area contributed by atoms with E-state index < -0.39 is 0 Å². The highest BCUT2D eigenvalue weighted by Crippen LogP contribution is 2.20. The summed E-state index contributed by atoms with van der Waals surface area (Å²) < 4.78 is 5.23. The zero-order valence-corrected chi connectivity index (χ0v) is 5.68. The zero-order chi connectivity index (χ0) is 6.69. The molecule has 0 saturated heterocycles. The highest BCUT2D eigenvalue weighted by atomic mass is 16.5. The first kappa shape index (κ1) is 6.62. The lowest BCUT2D eigenvalue weighted by Gasteiger charge is -1.98. The van der Waals surface area contributed by atoms with Crippen LogP contribution in [0.25, 0.3) is 0 Å². The average molecular weight is 128 g/mol. The summed E-state index contributed by atoms with van der Waals surface area (Å²) >= 11 is 0. The van der Waals surface area contributed by atoms with Crippen molar-refractivity contribution in [3.8, 4) is 0 Å². The van der Waals surface area contributed by atoms with E-state index in [1.54, 1.807) is 0 Å². The van der Waals surface area contributed by atoms with E-state index in [2.05, 4.69) is 0 Å². The van der Waals surface area contributed by atoms with E-state index in [4.69, 9.17) is 9.84 Å². The van der Waals surface area contributed by atoms with Crippen LogP contribution in [0.15, 0.2) is 11.3 Å². The summed E-state index contributed by atoms with van der Waals surface area (Å²) in [5.41, 5.74) is 1.08. The maximum Gasteiger partial charge on any atom is 0.0973 e. The van der Waals surface area contributed by atoms with E-state index in [-0.39, 0.29) is 6.61 Å². The van der Waals surface area contributed by atoms with Gasteiger partial charge < -0.3 is 9.84 Å². The van der Waals surface area contributed by atoms with Gasteiger partial charge in [0.25, 0.3) is 0 Å². The van der Waals surface area contributed by atoms with E-state index in [1.807, 2.05) is 6.92 Å². The van der Waals surface area contributed by atoms with Crippen LogP contribution in [0.4, 0.5) is 0 Å². The first-order valence-electron chi connectivity index (χ1n) is 3.33. The van der Waals surface area contributed by atoms with Crippen molar-refractivity contribution in [3.63, 3.8) is 0 Å². The van der Waals surface area contributed by atoms with Crippen molar-refractivity contribution in [2.75, 3.05) is 13.2 Å². The van der Waals surface area contributed by atoms with E-state index in [9.17, 15) is 0 Å². The van der Waals surface area contributed by atoms with E-state index >= 15 is 0 Å². The molecule has 0 aromatic carbocycles. The fourth-order valence-corrected chi connectivity index (χ4v) is 1.06. The largest absolute Gasteiger partial charge is 0.498 e. The molecule has 2 heteroatoms. The summed E-state index contributed by atoms with van der Waals surface area (Å²) in [7, 11) is 0. The quantitative estimate of drug-likeness (QED) is 0.602. The summed E-state index contributed by atoms with van der Waals surface area (Å²) in [4.78, 5) is 0. The summed E-state index contributed by atoms with van der Waals surface area (Å²) in [6, 6.07) is 0. The molecule has 9 heavy (non-hydrogen) atoms. The van der Waals surface area contributed by atoms with Gasteiger partial charge in [-0.15, -0.1) is 0 Å². The molecule has 1 rings (SSSR count). The van der Waals surface area contributed by atoms with Gasteiger partial charge in [0.1, 0.15) is 0 Å². The number of hydrogen-bond acceptors (Lipinski definition) is 2. The molecule has 0 aromatic heterocycles. The number of hydrogen-bond donors (Lipinski definition) is 1. The van der Waals surface area contributed by atoms with Gasteiger partial charge in [0, 0.05) is 12.8 Å². The van der Waals surface area contributed by atoms with Crippen LogP contribution in [-0.2, 0) is 4.74 Å². The third-order valence-electron chi connectivity index (χ3n) is 1.59. The second kappa shape index (κ2) is 2.87. The number of aliphatic hydroxyl groups is 1. The number of ether oxygens (including phenoxy) is 1. The molecule has 0 radical (unpaired) electrons. The predicted octanol–water partition coefficient (Wildman–Crippen LogP) is 1.06. The Balaban J connectivity index is 2.59. The monoisotopic (exact) mass is 128 g/mol. The van der Waals surface area contributed by atoms with Crippen molar-refractivity contribution in [3.05, 3.63) is 11.3 Å². The minimum atomic E-state index is 0.170. The molecule has 0 spiro atoms. The SMILES string of the molecule is CCC1=C(CO)CCO1. The molecule has 0 unspecified atom stereocenters. The van der Waals surface area contributed by atoms with Crippen molar-refractivity contribution in [2.24, 2.45) is 0 Å². The van der Waals surface area contributed by atoms with E-state index in [0.29, 0.717) is 0 Å². The highest BCUT2D eigenvalue weighted by Gasteiger charge is 2.11. The molecule has 1 heterocycles. The Bertz CT molecular complexity index is 113. The highest BCUT2D eigenvalue weighted by molar-refractivity contribution is 5.12. The Morgan fingerprint density at radius 2 is 2.44 bits per heavy atom. The Kier molecular flexibility index (Phi) is 2.11. The van der Waals surface area contributed by atoms with Gasteiger partial charge in [-0.05, 0) is 5.57 Å². The molecular formula is C7H12O2. The van der Waals surface area contributed by atoms with E-state index in [1.165, 1.54) is 0 Å². The van der Waals surface area contributed by atoms with Gasteiger partial charge in [-0.1, -0.05) is 6.92 Å². The average Bonchev–Trinajstić information content (AvgIpc) is 2.33. The lowest BCUT2D eigenvalue weighted by atomic mass is 10.2. The van der Waals surface area contributed by atoms with Crippen molar-refractivity contribution in [1.82, 2.24) is 0 Å². The van der Waals surface area contributed by atoms with E-state index in [0.717, 1.165) is 30.8 Å². The van der Waals surface area contributed by atoms with Crippen molar-refractivity contribution >= 4 is 0 Å². The fourth-order valence-electron chi connectivity index (χ4n) is 1.06. The second-order valence-corrected chi connectivity index (χ2v) is 2.14.